The molecule has 2 amide bonds. The molecular weight excluding hydrogens is 314 g/mol. The lowest BCUT2D eigenvalue weighted by Gasteiger charge is -2.08. The van der Waals surface area contributed by atoms with Gasteiger partial charge in [-0.3, -0.25) is 5.32 Å². The lowest BCUT2D eigenvalue weighted by molar-refractivity contribution is 0.174. The summed E-state index contributed by atoms with van der Waals surface area (Å²) in [5, 5.41) is 9.29. The summed E-state index contributed by atoms with van der Waals surface area (Å²) >= 11 is 0. The molecule has 1 aliphatic rings. The van der Waals surface area contributed by atoms with Crippen LogP contribution >= 0.6 is 0 Å². The Balaban J connectivity index is 1.45. The van der Waals surface area contributed by atoms with Gasteiger partial charge in [0.2, 0.25) is 6.79 Å². The standard InChI is InChI=1S/C14H11N7O3/c22-14(19-9-1-2-10-11(3-9)24-8-23-10)20-12-4-13(17-6-16-12)21-7-15-5-18-21/h1-7H,8H2,(H2,16,17,19,20,22). The number of rotatable bonds is 3. The van der Waals surface area contributed by atoms with Crippen molar-refractivity contribution in [2.75, 3.05) is 17.4 Å². The van der Waals surface area contributed by atoms with E-state index < -0.39 is 6.03 Å². The molecule has 1 aromatic carbocycles. The number of carbonyl (C=O) groups excluding carboxylic acids is 1. The van der Waals surface area contributed by atoms with E-state index in [0.29, 0.717) is 28.8 Å². The Morgan fingerprint density at radius 2 is 2.00 bits per heavy atom. The molecule has 0 bridgehead atoms. The van der Waals surface area contributed by atoms with Gasteiger partial charge in [-0.1, -0.05) is 0 Å². The van der Waals surface area contributed by atoms with Gasteiger partial charge in [-0.25, -0.2) is 24.4 Å². The number of ether oxygens (including phenoxy) is 2. The molecule has 0 aliphatic carbocycles. The van der Waals surface area contributed by atoms with E-state index in [-0.39, 0.29) is 6.79 Å². The van der Waals surface area contributed by atoms with Gasteiger partial charge in [-0.15, -0.1) is 0 Å². The van der Waals surface area contributed by atoms with Crippen LogP contribution in [0, 0.1) is 0 Å². The van der Waals surface area contributed by atoms with Crippen molar-refractivity contribution in [2.24, 2.45) is 0 Å². The van der Waals surface area contributed by atoms with Gasteiger partial charge in [0.15, 0.2) is 17.3 Å². The minimum Gasteiger partial charge on any atom is -0.454 e. The van der Waals surface area contributed by atoms with Gasteiger partial charge in [0, 0.05) is 17.8 Å². The van der Waals surface area contributed by atoms with E-state index in [1.807, 2.05) is 0 Å². The highest BCUT2D eigenvalue weighted by Crippen LogP contribution is 2.34. The van der Waals surface area contributed by atoms with Crippen molar-refractivity contribution in [3.05, 3.63) is 43.2 Å². The predicted octanol–water partition coefficient (Wildman–Crippen LogP) is 1.43. The number of hydrogen-bond donors (Lipinski definition) is 2. The molecule has 0 saturated heterocycles. The van der Waals surface area contributed by atoms with Crippen molar-refractivity contribution in [1.82, 2.24) is 24.7 Å². The second-order valence-corrected chi connectivity index (χ2v) is 4.75. The van der Waals surface area contributed by atoms with E-state index in [2.05, 4.69) is 30.7 Å². The van der Waals surface area contributed by atoms with Crippen LogP contribution in [0.1, 0.15) is 0 Å². The Morgan fingerprint density at radius 1 is 1.08 bits per heavy atom. The van der Waals surface area contributed by atoms with Crippen molar-refractivity contribution < 1.29 is 14.3 Å². The Hall–Kier alpha value is -3.69. The number of urea groups is 1. The Kier molecular flexibility index (Phi) is 3.39. The van der Waals surface area contributed by atoms with E-state index in [0.717, 1.165) is 0 Å². The van der Waals surface area contributed by atoms with Gasteiger partial charge in [-0.05, 0) is 12.1 Å². The van der Waals surface area contributed by atoms with E-state index >= 15 is 0 Å². The van der Waals surface area contributed by atoms with Gasteiger partial charge in [0.05, 0.1) is 0 Å². The van der Waals surface area contributed by atoms with Crippen LogP contribution in [0.5, 0.6) is 11.5 Å². The molecule has 10 nitrogen and oxygen atoms in total. The minimum atomic E-state index is -0.447. The average molecular weight is 325 g/mol. The molecule has 3 aromatic rings. The van der Waals surface area contributed by atoms with Crippen LogP contribution in [0.4, 0.5) is 16.3 Å². The molecule has 4 rings (SSSR count). The van der Waals surface area contributed by atoms with Crippen LogP contribution in [-0.4, -0.2) is 37.6 Å². The van der Waals surface area contributed by atoms with Gasteiger partial charge >= 0.3 is 6.03 Å². The zero-order valence-corrected chi connectivity index (χ0v) is 12.2. The summed E-state index contributed by atoms with van der Waals surface area (Å²) in [4.78, 5) is 24.0. The van der Waals surface area contributed by atoms with Crippen molar-refractivity contribution in [3.63, 3.8) is 0 Å². The van der Waals surface area contributed by atoms with Gasteiger partial charge in [-0.2, -0.15) is 5.10 Å². The van der Waals surface area contributed by atoms with E-state index in [1.54, 1.807) is 24.3 Å². The van der Waals surface area contributed by atoms with Crippen LogP contribution in [0.15, 0.2) is 43.2 Å². The lowest BCUT2D eigenvalue weighted by Crippen LogP contribution is -2.20. The summed E-state index contributed by atoms with van der Waals surface area (Å²) in [6.45, 7) is 0.178. The van der Waals surface area contributed by atoms with Crippen molar-refractivity contribution in [2.45, 2.75) is 0 Å². The predicted molar refractivity (Wildman–Crippen MR) is 82.2 cm³/mol. The maximum absolute atomic E-state index is 12.1. The topological polar surface area (TPSA) is 116 Å². The summed E-state index contributed by atoms with van der Waals surface area (Å²) in [5.41, 5.74) is 0.572. The third-order valence-electron chi connectivity index (χ3n) is 3.18. The number of aromatic nitrogens is 5. The van der Waals surface area contributed by atoms with Crippen molar-refractivity contribution in [1.29, 1.82) is 0 Å². The summed E-state index contributed by atoms with van der Waals surface area (Å²) in [7, 11) is 0. The van der Waals surface area contributed by atoms with E-state index in [9.17, 15) is 4.79 Å². The summed E-state index contributed by atoms with van der Waals surface area (Å²) < 4.78 is 11.9. The summed E-state index contributed by atoms with van der Waals surface area (Å²) in [6, 6.07) is 6.26. The third-order valence-corrected chi connectivity index (χ3v) is 3.18. The molecule has 3 heterocycles. The first-order valence-electron chi connectivity index (χ1n) is 6.93. The fraction of sp³-hybridized carbons (Fsp3) is 0.0714. The van der Waals surface area contributed by atoms with Crippen molar-refractivity contribution in [3.8, 4) is 17.3 Å². The number of hydrogen-bond acceptors (Lipinski definition) is 7. The molecule has 0 spiro atoms. The number of nitrogens with one attached hydrogen (secondary N) is 2. The van der Waals surface area contributed by atoms with Crippen LogP contribution in [-0.2, 0) is 0 Å². The van der Waals surface area contributed by atoms with Gasteiger partial charge in [0.25, 0.3) is 0 Å². The molecular formula is C14H11N7O3. The lowest BCUT2D eigenvalue weighted by atomic mass is 10.3. The maximum Gasteiger partial charge on any atom is 0.324 e. The first-order chi connectivity index (χ1) is 11.8. The molecule has 0 saturated carbocycles. The minimum absolute atomic E-state index is 0.178. The average Bonchev–Trinajstić information content (AvgIpc) is 3.26. The highest BCUT2D eigenvalue weighted by molar-refractivity contribution is 5.99. The molecule has 2 N–H and O–H groups in total. The molecule has 24 heavy (non-hydrogen) atoms. The Bertz CT molecular complexity index is 882. The molecule has 1 aliphatic heterocycles. The van der Waals surface area contributed by atoms with Crippen LogP contribution in [0.25, 0.3) is 5.82 Å². The summed E-state index contributed by atoms with van der Waals surface area (Å²) in [6.07, 6.45) is 4.22. The van der Waals surface area contributed by atoms with E-state index in [1.165, 1.54) is 23.7 Å². The number of fused-ring (bicyclic) bond motifs is 1. The SMILES string of the molecule is O=C(Nc1ccc2c(c1)OCO2)Nc1cc(-n2cncn2)ncn1. The number of benzene rings is 1. The normalized spacial score (nSPS) is 12.0. The van der Waals surface area contributed by atoms with Crippen molar-refractivity contribution >= 4 is 17.5 Å². The smallest absolute Gasteiger partial charge is 0.324 e. The quantitative estimate of drug-likeness (QED) is 0.748. The Morgan fingerprint density at radius 3 is 2.88 bits per heavy atom. The molecule has 0 atom stereocenters. The molecule has 2 aromatic heterocycles. The fourth-order valence-electron chi connectivity index (χ4n) is 2.12. The highest BCUT2D eigenvalue weighted by Gasteiger charge is 2.14. The number of amides is 2. The molecule has 0 radical (unpaired) electrons. The second kappa shape index (κ2) is 5.83. The number of carbonyl (C=O) groups is 1. The molecule has 0 fully saturated rings. The summed E-state index contributed by atoms with van der Waals surface area (Å²) in [5.74, 6) is 2.05. The zero-order valence-electron chi connectivity index (χ0n) is 12.2. The number of nitrogens with zero attached hydrogens (tertiary/aromatic N) is 5. The Labute approximate surface area is 135 Å². The van der Waals surface area contributed by atoms with Gasteiger partial charge in [0.1, 0.15) is 24.8 Å². The van der Waals surface area contributed by atoms with Crippen LogP contribution < -0.4 is 20.1 Å². The zero-order chi connectivity index (χ0) is 16.4. The maximum atomic E-state index is 12.1. The largest absolute Gasteiger partial charge is 0.454 e. The second-order valence-electron chi connectivity index (χ2n) is 4.75. The first-order valence-corrected chi connectivity index (χ1v) is 6.93. The third kappa shape index (κ3) is 2.79. The van der Waals surface area contributed by atoms with Crippen LogP contribution in [0.2, 0.25) is 0 Å². The first kappa shape index (κ1) is 13.9. The van der Waals surface area contributed by atoms with Gasteiger partial charge < -0.3 is 14.8 Å². The molecule has 10 heteroatoms. The van der Waals surface area contributed by atoms with Crippen LogP contribution in [0.3, 0.4) is 0 Å². The number of anilines is 2. The fourth-order valence-corrected chi connectivity index (χ4v) is 2.12. The molecule has 0 unspecified atom stereocenters. The van der Waals surface area contributed by atoms with E-state index in [4.69, 9.17) is 9.47 Å². The monoisotopic (exact) mass is 325 g/mol. The molecule has 120 valence electrons. The highest BCUT2D eigenvalue weighted by atomic mass is 16.7.